The lowest BCUT2D eigenvalue weighted by atomic mass is 9.79. The van der Waals surface area contributed by atoms with Gasteiger partial charge in [0.25, 0.3) is 12.3 Å². The first kappa shape index (κ1) is 21.1. The Hall–Kier alpha value is -2.59. The van der Waals surface area contributed by atoms with Gasteiger partial charge in [-0.05, 0) is 57.2 Å². The normalized spacial score (nSPS) is 23.9. The molecule has 1 aromatic rings. The molecule has 156 valence electrons. The smallest absolute Gasteiger partial charge is 0.261 e. The zero-order chi connectivity index (χ0) is 21.2. The van der Waals surface area contributed by atoms with Crippen LogP contribution in [0.4, 0.5) is 8.78 Å². The van der Waals surface area contributed by atoms with Crippen molar-refractivity contribution in [1.82, 2.24) is 5.32 Å². The predicted molar refractivity (Wildman–Crippen MR) is 105 cm³/mol. The van der Waals surface area contributed by atoms with E-state index in [1.54, 1.807) is 13.0 Å². The van der Waals surface area contributed by atoms with Crippen molar-refractivity contribution >= 4 is 11.5 Å². The number of methoxy groups -OCH3 is 1. The molecule has 0 aromatic heterocycles. The third kappa shape index (κ3) is 4.08. The van der Waals surface area contributed by atoms with E-state index in [2.05, 4.69) is 17.2 Å². The first-order chi connectivity index (χ1) is 13.8. The SMILES string of the molecule is CC#Cc1cc(C)c(C2=C(O)C3(CCC(OCC(F)F)CC3)NC2=O)c(OC)c1. The van der Waals surface area contributed by atoms with Crippen molar-refractivity contribution in [3.63, 3.8) is 0 Å². The number of hydrogen-bond donors (Lipinski definition) is 2. The maximum Gasteiger partial charge on any atom is 0.261 e. The van der Waals surface area contributed by atoms with E-state index in [1.807, 2.05) is 13.0 Å². The van der Waals surface area contributed by atoms with Crippen molar-refractivity contribution in [2.75, 3.05) is 13.7 Å². The second kappa shape index (κ2) is 8.42. The summed E-state index contributed by atoms with van der Waals surface area (Å²) in [6, 6.07) is 3.59. The zero-order valence-electron chi connectivity index (χ0n) is 16.8. The Morgan fingerprint density at radius 2 is 2.03 bits per heavy atom. The summed E-state index contributed by atoms with van der Waals surface area (Å²) in [5.41, 5.74) is 1.37. The minimum atomic E-state index is -2.51. The van der Waals surface area contributed by atoms with Crippen LogP contribution in [0.3, 0.4) is 0 Å². The van der Waals surface area contributed by atoms with Crippen molar-refractivity contribution in [2.45, 2.75) is 57.6 Å². The van der Waals surface area contributed by atoms with Crippen LogP contribution >= 0.6 is 0 Å². The van der Waals surface area contributed by atoms with E-state index in [0.717, 1.165) is 11.1 Å². The molecule has 2 N–H and O–H groups in total. The quantitative estimate of drug-likeness (QED) is 0.733. The molecule has 1 spiro atoms. The number of carbonyl (C=O) groups excluding carboxylic acids is 1. The van der Waals surface area contributed by atoms with Gasteiger partial charge in [0, 0.05) is 11.1 Å². The van der Waals surface area contributed by atoms with Gasteiger partial charge in [0.05, 0.1) is 24.3 Å². The molecule has 0 atom stereocenters. The average Bonchev–Trinajstić information content (AvgIpc) is 2.91. The summed E-state index contributed by atoms with van der Waals surface area (Å²) in [6.07, 6.45) is -1.01. The molecule has 1 aliphatic carbocycles. The molecule has 1 amide bonds. The molecule has 5 nitrogen and oxygen atoms in total. The molecule has 1 heterocycles. The van der Waals surface area contributed by atoms with Gasteiger partial charge in [0.2, 0.25) is 0 Å². The van der Waals surface area contributed by atoms with Gasteiger partial charge in [-0.1, -0.05) is 5.92 Å². The Morgan fingerprint density at radius 3 is 2.62 bits per heavy atom. The summed E-state index contributed by atoms with van der Waals surface area (Å²) in [7, 11) is 1.51. The lowest BCUT2D eigenvalue weighted by molar-refractivity contribution is -0.117. The third-order valence-corrected chi connectivity index (χ3v) is 5.55. The van der Waals surface area contributed by atoms with E-state index in [9.17, 15) is 18.7 Å². The van der Waals surface area contributed by atoms with E-state index in [1.165, 1.54) is 7.11 Å². The molecule has 7 heteroatoms. The number of halogens is 2. The second-order valence-electron chi connectivity index (χ2n) is 7.43. The number of benzene rings is 1. The highest BCUT2D eigenvalue weighted by Gasteiger charge is 2.48. The number of aliphatic hydroxyl groups is 1. The van der Waals surface area contributed by atoms with Gasteiger partial charge >= 0.3 is 0 Å². The molecular weight excluding hydrogens is 380 g/mol. The highest BCUT2D eigenvalue weighted by atomic mass is 19.3. The minimum absolute atomic E-state index is 0.0227. The van der Waals surface area contributed by atoms with E-state index >= 15 is 0 Å². The fraction of sp³-hybridized carbons (Fsp3) is 0.500. The number of carbonyl (C=O) groups is 1. The van der Waals surface area contributed by atoms with Crippen LogP contribution in [0.15, 0.2) is 17.9 Å². The van der Waals surface area contributed by atoms with E-state index < -0.39 is 18.6 Å². The summed E-state index contributed by atoms with van der Waals surface area (Å²) in [5, 5.41) is 14.0. The van der Waals surface area contributed by atoms with Crippen molar-refractivity contribution in [3.05, 3.63) is 34.6 Å². The fourth-order valence-corrected chi connectivity index (χ4v) is 4.19. The van der Waals surface area contributed by atoms with E-state index in [0.29, 0.717) is 37.0 Å². The first-order valence-electron chi connectivity index (χ1n) is 9.59. The van der Waals surface area contributed by atoms with Crippen LogP contribution in [0.5, 0.6) is 5.75 Å². The second-order valence-corrected chi connectivity index (χ2v) is 7.43. The van der Waals surface area contributed by atoms with Gasteiger partial charge in [-0.25, -0.2) is 8.78 Å². The van der Waals surface area contributed by atoms with Crippen molar-refractivity contribution in [1.29, 1.82) is 0 Å². The number of aryl methyl sites for hydroxylation is 1. The van der Waals surface area contributed by atoms with Gasteiger partial charge in [0.1, 0.15) is 18.1 Å². The summed E-state index contributed by atoms with van der Waals surface area (Å²) in [4.78, 5) is 12.8. The summed E-state index contributed by atoms with van der Waals surface area (Å²) >= 11 is 0. The Labute approximate surface area is 169 Å². The van der Waals surface area contributed by atoms with Crippen LogP contribution < -0.4 is 10.1 Å². The molecule has 2 aliphatic rings. The highest BCUT2D eigenvalue weighted by Crippen LogP contribution is 2.44. The summed E-state index contributed by atoms with van der Waals surface area (Å²) in [5.74, 6) is 5.87. The standard InChI is InChI=1S/C22H25F2NO4/c1-4-5-14-10-13(2)18(16(11-14)28-3)19-20(26)22(25-21(19)27)8-6-15(7-9-22)29-12-17(23)24/h10-11,15,17,26H,6-9,12H2,1-3H3,(H,25,27). The van der Waals surface area contributed by atoms with Gasteiger partial charge < -0.3 is 19.9 Å². The highest BCUT2D eigenvalue weighted by molar-refractivity contribution is 6.24. The van der Waals surface area contributed by atoms with E-state index in [-0.39, 0.29) is 23.3 Å². The summed E-state index contributed by atoms with van der Waals surface area (Å²) < 4.78 is 35.5. The van der Waals surface area contributed by atoms with Crippen molar-refractivity contribution in [2.24, 2.45) is 0 Å². The molecule has 1 saturated carbocycles. The van der Waals surface area contributed by atoms with Crippen LogP contribution in [0, 0.1) is 18.8 Å². The molecule has 0 bridgehead atoms. The average molecular weight is 405 g/mol. The van der Waals surface area contributed by atoms with Crippen LogP contribution in [-0.4, -0.2) is 42.8 Å². The molecule has 1 fully saturated rings. The third-order valence-electron chi connectivity index (χ3n) is 5.55. The van der Waals surface area contributed by atoms with Crippen molar-refractivity contribution < 1.29 is 28.2 Å². The number of nitrogens with one attached hydrogen (secondary N) is 1. The van der Waals surface area contributed by atoms with Gasteiger partial charge in [-0.2, -0.15) is 0 Å². The largest absolute Gasteiger partial charge is 0.509 e. The molecule has 1 aliphatic heterocycles. The number of ether oxygens (including phenoxy) is 2. The Morgan fingerprint density at radius 1 is 1.34 bits per heavy atom. The fourth-order valence-electron chi connectivity index (χ4n) is 4.19. The topological polar surface area (TPSA) is 67.8 Å². The number of rotatable bonds is 5. The maximum atomic E-state index is 12.8. The molecule has 3 rings (SSSR count). The van der Waals surface area contributed by atoms with Gasteiger partial charge in [-0.15, -0.1) is 5.92 Å². The van der Waals surface area contributed by atoms with Crippen LogP contribution in [0.2, 0.25) is 0 Å². The Balaban J connectivity index is 1.92. The lowest BCUT2D eigenvalue weighted by Gasteiger charge is -2.37. The van der Waals surface area contributed by atoms with E-state index in [4.69, 9.17) is 9.47 Å². The lowest BCUT2D eigenvalue weighted by Crippen LogP contribution is -2.48. The number of alkyl halides is 2. The predicted octanol–water partition coefficient (Wildman–Crippen LogP) is 3.74. The Bertz CT molecular complexity index is 890. The minimum Gasteiger partial charge on any atom is -0.509 e. The molecule has 0 radical (unpaired) electrons. The maximum absolute atomic E-state index is 12.8. The van der Waals surface area contributed by atoms with Crippen LogP contribution in [0.25, 0.3) is 5.57 Å². The van der Waals surface area contributed by atoms with Crippen molar-refractivity contribution in [3.8, 4) is 17.6 Å². The van der Waals surface area contributed by atoms with Crippen LogP contribution in [0.1, 0.15) is 49.3 Å². The Kier molecular flexibility index (Phi) is 6.13. The molecule has 0 saturated heterocycles. The van der Waals surface area contributed by atoms with Gasteiger partial charge in [-0.3, -0.25) is 4.79 Å². The summed E-state index contributed by atoms with van der Waals surface area (Å²) in [6.45, 7) is 2.98. The molecule has 0 unspecified atom stereocenters. The molecular formula is C22H25F2NO4. The number of hydrogen-bond acceptors (Lipinski definition) is 4. The first-order valence-corrected chi connectivity index (χ1v) is 9.59. The monoisotopic (exact) mass is 405 g/mol. The number of aliphatic hydroxyl groups excluding tert-OH is 1. The van der Waals surface area contributed by atoms with Gasteiger partial charge in [0.15, 0.2) is 0 Å². The molecule has 1 aromatic carbocycles. The number of amides is 1. The zero-order valence-corrected chi connectivity index (χ0v) is 16.8. The van der Waals surface area contributed by atoms with Crippen LogP contribution in [-0.2, 0) is 9.53 Å². The molecule has 29 heavy (non-hydrogen) atoms.